The molecule has 0 fully saturated rings. The van der Waals surface area contributed by atoms with Crippen LogP contribution in [0.25, 0.3) is 11.3 Å². The molecule has 1 unspecified atom stereocenters. The van der Waals surface area contributed by atoms with Gasteiger partial charge in [0.1, 0.15) is 5.76 Å². The van der Waals surface area contributed by atoms with Crippen LogP contribution in [0.3, 0.4) is 0 Å². The molecule has 2 rings (SSSR count). The molecule has 0 amide bonds. The third kappa shape index (κ3) is 2.53. The van der Waals surface area contributed by atoms with E-state index in [0.717, 1.165) is 17.7 Å². The van der Waals surface area contributed by atoms with Crippen molar-refractivity contribution in [3.05, 3.63) is 47.7 Å². The second kappa shape index (κ2) is 5.21. The Morgan fingerprint density at radius 2 is 2.06 bits per heavy atom. The molecule has 1 aromatic carbocycles. The molecule has 0 aliphatic carbocycles. The maximum atomic E-state index is 11.2. The van der Waals surface area contributed by atoms with Crippen LogP contribution in [0.4, 0.5) is 0 Å². The van der Waals surface area contributed by atoms with Crippen molar-refractivity contribution in [3.8, 4) is 11.3 Å². The minimum atomic E-state index is -0.0423. The Labute approximate surface area is 108 Å². The quantitative estimate of drug-likeness (QED) is 0.730. The summed E-state index contributed by atoms with van der Waals surface area (Å²) in [6, 6.07) is 11.9. The van der Waals surface area contributed by atoms with E-state index in [1.54, 1.807) is 6.07 Å². The predicted molar refractivity (Wildman–Crippen MR) is 72.9 cm³/mol. The van der Waals surface area contributed by atoms with Gasteiger partial charge in [0.2, 0.25) is 0 Å². The number of rotatable bonds is 4. The van der Waals surface area contributed by atoms with Gasteiger partial charge in [-0.25, -0.2) is 0 Å². The van der Waals surface area contributed by atoms with Crippen LogP contribution < -0.4 is 0 Å². The van der Waals surface area contributed by atoms with Crippen molar-refractivity contribution in [2.45, 2.75) is 33.1 Å². The Hall–Kier alpha value is -1.83. The Kier molecular flexibility index (Phi) is 3.66. The van der Waals surface area contributed by atoms with Gasteiger partial charge in [-0.15, -0.1) is 0 Å². The molecule has 2 heteroatoms. The highest BCUT2D eigenvalue weighted by Gasteiger charge is 2.09. The maximum absolute atomic E-state index is 11.2. The van der Waals surface area contributed by atoms with Crippen molar-refractivity contribution in [1.82, 2.24) is 0 Å². The molecule has 0 bridgehead atoms. The minimum absolute atomic E-state index is 0.0423. The van der Waals surface area contributed by atoms with Gasteiger partial charge >= 0.3 is 0 Å². The topological polar surface area (TPSA) is 30.2 Å². The lowest BCUT2D eigenvalue weighted by molar-refractivity contribution is 0.0988. The normalized spacial score (nSPS) is 12.4. The van der Waals surface area contributed by atoms with Crippen molar-refractivity contribution < 1.29 is 9.21 Å². The molecule has 1 heterocycles. The third-order valence-electron chi connectivity index (χ3n) is 3.31. The van der Waals surface area contributed by atoms with Crippen molar-refractivity contribution in [1.29, 1.82) is 0 Å². The molecule has 1 atom stereocenters. The highest BCUT2D eigenvalue weighted by atomic mass is 16.3. The molecular formula is C16H18O2. The van der Waals surface area contributed by atoms with E-state index < -0.39 is 0 Å². The molecule has 94 valence electrons. The van der Waals surface area contributed by atoms with Crippen molar-refractivity contribution in [2.75, 3.05) is 0 Å². The van der Waals surface area contributed by atoms with Crippen molar-refractivity contribution in [3.63, 3.8) is 0 Å². The van der Waals surface area contributed by atoms with Crippen LogP contribution in [0, 0.1) is 0 Å². The highest BCUT2D eigenvalue weighted by Crippen LogP contribution is 2.27. The Balaban J connectivity index is 2.35. The minimum Gasteiger partial charge on any atom is -0.453 e. The molecule has 0 aliphatic rings. The fourth-order valence-corrected chi connectivity index (χ4v) is 1.92. The molecule has 0 N–H and O–H groups in total. The number of hydrogen-bond donors (Lipinski definition) is 0. The molecule has 2 nitrogen and oxygen atoms in total. The lowest BCUT2D eigenvalue weighted by Gasteiger charge is -2.09. The van der Waals surface area contributed by atoms with Gasteiger partial charge in [-0.05, 0) is 36.1 Å². The number of carbonyl (C=O) groups is 1. The van der Waals surface area contributed by atoms with Gasteiger partial charge in [0, 0.05) is 12.5 Å². The van der Waals surface area contributed by atoms with Crippen LogP contribution in [0.15, 0.2) is 40.8 Å². The summed E-state index contributed by atoms with van der Waals surface area (Å²) in [6.07, 6.45) is 1.11. The zero-order valence-corrected chi connectivity index (χ0v) is 11.1. The van der Waals surface area contributed by atoms with Gasteiger partial charge in [-0.1, -0.05) is 32.0 Å². The van der Waals surface area contributed by atoms with Gasteiger partial charge in [0.25, 0.3) is 0 Å². The molecule has 0 aliphatic heterocycles. The first-order chi connectivity index (χ1) is 8.61. The monoisotopic (exact) mass is 242 g/mol. The first-order valence-electron chi connectivity index (χ1n) is 6.33. The third-order valence-corrected chi connectivity index (χ3v) is 3.31. The Morgan fingerprint density at radius 3 is 2.67 bits per heavy atom. The highest BCUT2D eigenvalue weighted by molar-refractivity contribution is 5.91. The second-order valence-corrected chi connectivity index (χ2v) is 4.65. The second-order valence-electron chi connectivity index (χ2n) is 4.65. The van der Waals surface area contributed by atoms with E-state index in [2.05, 4.69) is 26.0 Å². The lowest BCUT2D eigenvalue weighted by Crippen LogP contribution is -1.91. The van der Waals surface area contributed by atoms with Crippen LogP contribution in [0.1, 0.15) is 49.2 Å². The van der Waals surface area contributed by atoms with E-state index in [0.29, 0.717) is 11.7 Å². The fraction of sp³-hybridized carbons (Fsp3) is 0.312. The van der Waals surface area contributed by atoms with E-state index in [4.69, 9.17) is 4.42 Å². The van der Waals surface area contributed by atoms with Crippen molar-refractivity contribution in [2.24, 2.45) is 0 Å². The maximum Gasteiger partial charge on any atom is 0.194 e. The number of carbonyl (C=O) groups excluding carboxylic acids is 1. The van der Waals surface area contributed by atoms with E-state index in [1.165, 1.54) is 12.5 Å². The smallest absolute Gasteiger partial charge is 0.194 e. The molecule has 0 radical (unpaired) electrons. The zero-order valence-electron chi connectivity index (χ0n) is 11.1. The number of ketones is 1. The number of Topliss-reactive ketones (excluding diaryl/α,β-unsaturated/α-hetero) is 1. The molecule has 1 aromatic heterocycles. The van der Waals surface area contributed by atoms with E-state index in [-0.39, 0.29) is 5.78 Å². The SMILES string of the molecule is CCC(C)c1cccc(-c2ccc(C(C)=O)o2)c1. The van der Waals surface area contributed by atoms with Crippen LogP contribution in [-0.2, 0) is 0 Å². The fourth-order valence-electron chi connectivity index (χ4n) is 1.92. The van der Waals surface area contributed by atoms with E-state index in [1.807, 2.05) is 18.2 Å². The summed E-state index contributed by atoms with van der Waals surface area (Å²) in [5.74, 6) is 1.66. The Bertz CT molecular complexity index is 552. The van der Waals surface area contributed by atoms with Crippen LogP contribution in [0.2, 0.25) is 0 Å². The van der Waals surface area contributed by atoms with Crippen LogP contribution >= 0.6 is 0 Å². The summed E-state index contributed by atoms with van der Waals surface area (Å²) in [5, 5.41) is 0. The average Bonchev–Trinajstić information content (AvgIpc) is 2.88. The zero-order chi connectivity index (χ0) is 13.1. The summed E-state index contributed by atoms with van der Waals surface area (Å²) < 4.78 is 5.55. The molecule has 0 spiro atoms. The summed E-state index contributed by atoms with van der Waals surface area (Å²) in [7, 11) is 0. The lowest BCUT2D eigenvalue weighted by atomic mass is 9.96. The first kappa shape index (κ1) is 12.6. The number of benzene rings is 1. The molecular weight excluding hydrogens is 224 g/mol. The molecule has 0 saturated carbocycles. The summed E-state index contributed by atoms with van der Waals surface area (Å²) >= 11 is 0. The van der Waals surface area contributed by atoms with Gasteiger partial charge in [0.05, 0.1) is 0 Å². The van der Waals surface area contributed by atoms with Gasteiger partial charge in [-0.2, -0.15) is 0 Å². The van der Waals surface area contributed by atoms with Crippen LogP contribution in [-0.4, -0.2) is 5.78 Å². The van der Waals surface area contributed by atoms with Gasteiger partial charge in [0.15, 0.2) is 11.5 Å². The number of furan rings is 1. The van der Waals surface area contributed by atoms with Crippen molar-refractivity contribution >= 4 is 5.78 Å². The first-order valence-corrected chi connectivity index (χ1v) is 6.33. The summed E-state index contributed by atoms with van der Waals surface area (Å²) in [6.45, 7) is 5.90. The average molecular weight is 242 g/mol. The molecule has 2 aromatic rings. The molecule has 0 saturated heterocycles. The Morgan fingerprint density at radius 1 is 1.28 bits per heavy atom. The van der Waals surface area contributed by atoms with E-state index in [9.17, 15) is 4.79 Å². The summed E-state index contributed by atoms with van der Waals surface area (Å²) in [5.41, 5.74) is 2.33. The van der Waals surface area contributed by atoms with Gasteiger partial charge < -0.3 is 4.42 Å². The largest absolute Gasteiger partial charge is 0.453 e. The van der Waals surface area contributed by atoms with E-state index >= 15 is 0 Å². The predicted octanol–water partition coefficient (Wildman–Crippen LogP) is 4.66. The molecule has 18 heavy (non-hydrogen) atoms. The van der Waals surface area contributed by atoms with Crippen LogP contribution in [0.5, 0.6) is 0 Å². The standard InChI is InChI=1S/C16H18O2/c1-4-11(2)13-6-5-7-14(10-13)16-9-8-15(18-16)12(3)17/h5-11H,4H2,1-3H3. The summed E-state index contributed by atoms with van der Waals surface area (Å²) in [4.78, 5) is 11.2. The van der Waals surface area contributed by atoms with Gasteiger partial charge in [-0.3, -0.25) is 4.79 Å². The number of hydrogen-bond acceptors (Lipinski definition) is 2.